The summed E-state index contributed by atoms with van der Waals surface area (Å²) < 4.78 is 13.3. The Labute approximate surface area is 328 Å². The maximum atomic E-state index is 6.66. The molecule has 3 heteroatoms. The summed E-state index contributed by atoms with van der Waals surface area (Å²) in [7, 11) is 0. The zero-order valence-corrected chi connectivity index (χ0v) is 30.8. The van der Waals surface area contributed by atoms with Crippen molar-refractivity contribution >= 4 is 93.3 Å². The Balaban J connectivity index is 1.02. The molecule has 0 saturated carbocycles. The average molecular weight is 728 g/mol. The Kier molecular flexibility index (Phi) is 6.93. The van der Waals surface area contributed by atoms with E-state index in [1.807, 2.05) is 12.1 Å². The lowest BCUT2D eigenvalue weighted by Crippen LogP contribution is -2.10. The third-order valence-corrected chi connectivity index (χ3v) is 11.6. The summed E-state index contributed by atoms with van der Waals surface area (Å²) in [6, 6.07) is 71.5. The van der Waals surface area contributed by atoms with Crippen molar-refractivity contribution < 1.29 is 8.83 Å². The molecule has 0 amide bonds. The quantitative estimate of drug-likeness (QED) is 0.165. The van der Waals surface area contributed by atoms with Crippen LogP contribution in [0.5, 0.6) is 0 Å². The van der Waals surface area contributed by atoms with Crippen LogP contribution in [0.15, 0.2) is 209 Å². The van der Waals surface area contributed by atoms with Gasteiger partial charge in [-0.2, -0.15) is 0 Å². The molecule has 12 rings (SSSR count). The molecule has 0 aliphatic carbocycles. The van der Waals surface area contributed by atoms with E-state index >= 15 is 0 Å². The molecule has 0 unspecified atom stereocenters. The maximum Gasteiger partial charge on any atom is 0.159 e. The SMILES string of the molecule is c1cc(-c2cccc3oc4c5ccccc5ccc4c23)cc(N(c2ccc(-c3ccc4c(ccc5ccccc54)c3)cc2)c2cccc3c2oc2ccccc23)c1. The molecule has 266 valence electrons. The fourth-order valence-electron chi connectivity index (χ4n) is 8.94. The smallest absolute Gasteiger partial charge is 0.159 e. The molecule has 3 nitrogen and oxygen atoms in total. The number of hydrogen-bond donors (Lipinski definition) is 0. The second-order valence-electron chi connectivity index (χ2n) is 14.9. The van der Waals surface area contributed by atoms with Crippen LogP contribution in [0.3, 0.4) is 0 Å². The van der Waals surface area contributed by atoms with Crippen LogP contribution in [0.25, 0.3) is 98.4 Å². The highest BCUT2D eigenvalue weighted by Crippen LogP contribution is 2.45. The van der Waals surface area contributed by atoms with Gasteiger partial charge in [0.05, 0.1) is 5.69 Å². The zero-order valence-electron chi connectivity index (χ0n) is 30.8. The van der Waals surface area contributed by atoms with Gasteiger partial charge >= 0.3 is 0 Å². The largest absolute Gasteiger partial charge is 0.455 e. The standard InChI is InChI=1S/C54H33NO2/c1-3-14-42-35(10-1)22-23-39-32-37(27-30-43(39)42)34-24-28-40(29-25-34)55(49-19-8-18-47-46-16-5-6-20-50(46)56-54(47)49)41-13-7-12-38(33-41)44-17-9-21-51-52(44)48-31-26-36-11-2-4-15-45(36)53(48)57-51/h1-33H. The minimum Gasteiger partial charge on any atom is -0.455 e. The molecule has 0 bridgehead atoms. The Morgan fingerprint density at radius 1 is 0.316 bits per heavy atom. The first kappa shape index (κ1) is 31.7. The van der Waals surface area contributed by atoms with Crippen molar-refractivity contribution in [3.8, 4) is 22.3 Å². The first-order chi connectivity index (χ1) is 28.2. The highest BCUT2D eigenvalue weighted by Gasteiger charge is 2.21. The van der Waals surface area contributed by atoms with Crippen molar-refractivity contribution in [2.75, 3.05) is 4.90 Å². The average Bonchev–Trinajstić information content (AvgIpc) is 3.86. The van der Waals surface area contributed by atoms with Crippen LogP contribution in [-0.2, 0) is 0 Å². The molecule has 2 heterocycles. The molecule has 0 saturated heterocycles. The molecule has 0 aliphatic rings. The number of para-hydroxylation sites is 2. The normalized spacial score (nSPS) is 11.9. The van der Waals surface area contributed by atoms with Gasteiger partial charge in [0.2, 0.25) is 0 Å². The molecular weight excluding hydrogens is 695 g/mol. The van der Waals surface area contributed by atoms with Crippen LogP contribution in [0.1, 0.15) is 0 Å². The summed E-state index contributed by atoms with van der Waals surface area (Å²) in [5.41, 5.74) is 11.2. The zero-order chi connectivity index (χ0) is 37.5. The van der Waals surface area contributed by atoms with Crippen LogP contribution >= 0.6 is 0 Å². The molecule has 0 radical (unpaired) electrons. The van der Waals surface area contributed by atoms with Gasteiger partial charge in [0.15, 0.2) is 5.58 Å². The van der Waals surface area contributed by atoms with E-state index < -0.39 is 0 Å². The second kappa shape index (κ2) is 12.5. The van der Waals surface area contributed by atoms with Crippen LogP contribution in [-0.4, -0.2) is 0 Å². The lowest BCUT2D eigenvalue weighted by molar-refractivity contribution is 0.669. The van der Waals surface area contributed by atoms with Crippen LogP contribution in [0.2, 0.25) is 0 Å². The maximum absolute atomic E-state index is 6.66. The molecule has 0 N–H and O–H groups in total. The summed E-state index contributed by atoms with van der Waals surface area (Å²) in [5, 5.41) is 11.8. The van der Waals surface area contributed by atoms with Gasteiger partial charge in [0, 0.05) is 38.3 Å². The monoisotopic (exact) mass is 727 g/mol. The van der Waals surface area contributed by atoms with Gasteiger partial charge in [-0.25, -0.2) is 0 Å². The highest BCUT2D eigenvalue weighted by molar-refractivity contribution is 6.19. The summed E-state index contributed by atoms with van der Waals surface area (Å²) in [4.78, 5) is 2.33. The topological polar surface area (TPSA) is 29.5 Å². The Bertz CT molecular complexity index is 3530. The number of furan rings is 2. The molecule has 0 fully saturated rings. The number of fused-ring (bicyclic) bond motifs is 11. The fraction of sp³-hybridized carbons (Fsp3) is 0. The molecule has 10 aromatic carbocycles. The van der Waals surface area contributed by atoms with Crippen molar-refractivity contribution in [3.63, 3.8) is 0 Å². The Morgan fingerprint density at radius 2 is 0.947 bits per heavy atom. The van der Waals surface area contributed by atoms with E-state index in [0.29, 0.717) is 0 Å². The van der Waals surface area contributed by atoms with E-state index in [2.05, 4.69) is 193 Å². The van der Waals surface area contributed by atoms with Gasteiger partial charge in [-0.3, -0.25) is 0 Å². The van der Waals surface area contributed by atoms with Gasteiger partial charge in [-0.1, -0.05) is 146 Å². The van der Waals surface area contributed by atoms with E-state index in [9.17, 15) is 0 Å². The summed E-state index contributed by atoms with van der Waals surface area (Å²) in [5.74, 6) is 0. The van der Waals surface area contributed by atoms with Crippen molar-refractivity contribution in [1.29, 1.82) is 0 Å². The van der Waals surface area contributed by atoms with E-state index in [4.69, 9.17) is 8.83 Å². The molecule has 2 aromatic heterocycles. The van der Waals surface area contributed by atoms with Gasteiger partial charge < -0.3 is 13.7 Å². The minimum atomic E-state index is 0.852. The van der Waals surface area contributed by atoms with Gasteiger partial charge in [-0.15, -0.1) is 0 Å². The number of anilines is 3. The van der Waals surface area contributed by atoms with E-state index in [1.54, 1.807) is 0 Å². The minimum absolute atomic E-state index is 0.852. The Hall–Kier alpha value is -7.62. The van der Waals surface area contributed by atoms with Crippen molar-refractivity contribution in [2.45, 2.75) is 0 Å². The van der Waals surface area contributed by atoms with E-state index in [-0.39, 0.29) is 0 Å². The second-order valence-corrected chi connectivity index (χ2v) is 14.9. The fourth-order valence-corrected chi connectivity index (χ4v) is 8.94. The molecule has 0 spiro atoms. The Morgan fingerprint density at radius 3 is 1.84 bits per heavy atom. The number of hydrogen-bond acceptors (Lipinski definition) is 3. The molecule has 0 atom stereocenters. The van der Waals surface area contributed by atoms with E-state index in [1.165, 1.54) is 32.5 Å². The molecule has 57 heavy (non-hydrogen) atoms. The summed E-state index contributed by atoms with van der Waals surface area (Å²) in [6.45, 7) is 0. The predicted octanol–water partition coefficient (Wildman–Crippen LogP) is 15.7. The first-order valence-corrected chi connectivity index (χ1v) is 19.4. The highest BCUT2D eigenvalue weighted by atomic mass is 16.3. The lowest BCUT2D eigenvalue weighted by atomic mass is 9.97. The summed E-state index contributed by atoms with van der Waals surface area (Å²) >= 11 is 0. The predicted molar refractivity (Wildman–Crippen MR) is 239 cm³/mol. The third-order valence-electron chi connectivity index (χ3n) is 11.6. The van der Waals surface area contributed by atoms with Crippen molar-refractivity contribution in [3.05, 3.63) is 200 Å². The van der Waals surface area contributed by atoms with E-state index in [0.717, 1.165) is 83.0 Å². The van der Waals surface area contributed by atoms with Gasteiger partial charge in [0.25, 0.3) is 0 Å². The van der Waals surface area contributed by atoms with Gasteiger partial charge in [0.1, 0.15) is 16.7 Å². The van der Waals surface area contributed by atoms with Crippen LogP contribution in [0, 0.1) is 0 Å². The summed E-state index contributed by atoms with van der Waals surface area (Å²) in [6.07, 6.45) is 0. The number of benzene rings is 10. The van der Waals surface area contributed by atoms with Crippen LogP contribution in [0.4, 0.5) is 17.1 Å². The van der Waals surface area contributed by atoms with Gasteiger partial charge in [-0.05, 0) is 104 Å². The first-order valence-electron chi connectivity index (χ1n) is 19.4. The molecule has 0 aliphatic heterocycles. The van der Waals surface area contributed by atoms with Crippen molar-refractivity contribution in [2.24, 2.45) is 0 Å². The molecule has 12 aromatic rings. The number of nitrogens with zero attached hydrogens (tertiary/aromatic N) is 1. The third kappa shape index (κ3) is 4.99. The number of rotatable bonds is 5. The van der Waals surface area contributed by atoms with Crippen LogP contribution < -0.4 is 4.90 Å². The lowest BCUT2D eigenvalue weighted by Gasteiger charge is -2.26. The van der Waals surface area contributed by atoms with Crippen molar-refractivity contribution in [1.82, 2.24) is 0 Å². The molecular formula is C54H33NO2.